The molecule has 1 aromatic heterocycles. The van der Waals surface area contributed by atoms with E-state index in [1.54, 1.807) is 6.20 Å². The van der Waals surface area contributed by atoms with Crippen LogP contribution in [-0.2, 0) is 11.2 Å². The summed E-state index contributed by atoms with van der Waals surface area (Å²) in [4.78, 5) is 0. The molecule has 2 rings (SSSR count). The molecule has 1 aromatic rings. The number of aryl methyl sites for hydroxylation is 1. The Balaban J connectivity index is 2.13. The minimum Gasteiger partial charge on any atom is -0.378 e. The summed E-state index contributed by atoms with van der Waals surface area (Å²) in [5, 5.41) is 7.14. The number of hydrogen-bond acceptors (Lipinski definition) is 4. The molecule has 0 bridgehead atoms. The first-order valence-corrected chi connectivity index (χ1v) is 4.66. The topological polar surface area (TPSA) is 47.3 Å². The van der Waals surface area contributed by atoms with Gasteiger partial charge in [-0.05, 0) is 6.42 Å². The SMILES string of the molecule is CCc1cnoc1C1COCCN1. The van der Waals surface area contributed by atoms with E-state index in [1.165, 1.54) is 5.56 Å². The van der Waals surface area contributed by atoms with Gasteiger partial charge in [-0.1, -0.05) is 12.1 Å². The van der Waals surface area contributed by atoms with Crippen molar-refractivity contribution in [3.8, 4) is 0 Å². The van der Waals surface area contributed by atoms with E-state index in [1.807, 2.05) is 0 Å². The average molecular weight is 182 g/mol. The van der Waals surface area contributed by atoms with E-state index >= 15 is 0 Å². The van der Waals surface area contributed by atoms with Crippen LogP contribution in [0.25, 0.3) is 0 Å². The Morgan fingerprint density at radius 3 is 3.31 bits per heavy atom. The summed E-state index contributed by atoms with van der Waals surface area (Å²) < 4.78 is 10.6. The van der Waals surface area contributed by atoms with Crippen molar-refractivity contribution >= 4 is 0 Å². The van der Waals surface area contributed by atoms with Crippen molar-refractivity contribution in [2.45, 2.75) is 19.4 Å². The van der Waals surface area contributed by atoms with E-state index < -0.39 is 0 Å². The number of morpholine rings is 1. The molecule has 0 aliphatic carbocycles. The molecule has 0 aromatic carbocycles. The fraction of sp³-hybridized carbons (Fsp3) is 0.667. The largest absolute Gasteiger partial charge is 0.378 e. The highest BCUT2D eigenvalue weighted by molar-refractivity contribution is 5.17. The molecule has 72 valence electrons. The van der Waals surface area contributed by atoms with Crippen LogP contribution in [0.5, 0.6) is 0 Å². The van der Waals surface area contributed by atoms with Gasteiger partial charge in [-0.25, -0.2) is 0 Å². The lowest BCUT2D eigenvalue weighted by Crippen LogP contribution is -2.34. The molecule has 0 amide bonds. The maximum atomic E-state index is 5.36. The normalized spacial score (nSPS) is 23.3. The van der Waals surface area contributed by atoms with Crippen molar-refractivity contribution < 1.29 is 9.26 Å². The molecular formula is C9H14N2O2. The second-order valence-electron chi connectivity index (χ2n) is 3.15. The van der Waals surface area contributed by atoms with E-state index in [-0.39, 0.29) is 6.04 Å². The monoisotopic (exact) mass is 182 g/mol. The zero-order valence-electron chi connectivity index (χ0n) is 7.75. The van der Waals surface area contributed by atoms with Crippen LogP contribution >= 0.6 is 0 Å². The van der Waals surface area contributed by atoms with Crippen molar-refractivity contribution in [1.82, 2.24) is 10.5 Å². The third kappa shape index (κ3) is 1.73. The highest BCUT2D eigenvalue weighted by Gasteiger charge is 2.21. The molecule has 4 nitrogen and oxygen atoms in total. The van der Waals surface area contributed by atoms with Gasteiger partial charge in [0.1, 0.15) is 0 Å². The van der Waals surface area contributed by atoms with Crippen LogP contribution in [0.2, 0.25) is 0 Å². The van der Waals surface area contributed by atoms with Crippen LogP contribution in [0, 0.1) is 0 Å². The highest BCUT2D eigenvalue weighted by atomic mass is 16.5. The number of ether oxygens (including phenoxy) is 1. The van der Waals surface area contributed by atoms with Gasteiger partial charge in [-0.15, -0.1) is 0 Å². The lowest BCUT2D eigenvalue weighted by Gasteiger charge is -2.22. The lowest BCUT2D eigenvalue weighted by atomic mass is 10.1. The van der Waals surface area contributed by atoms with Crippen LogP contribution < -0.4 is 5.32 Å². The van der Waals surface area contributed by atoms with E-state index in [9.17, 15) is 0 Å². The second kappa shape index (κ2) is 3.89. The Bertz CT molecular complexity index is 266. The number of hydrogen-bond donors (Lipinski definition) is 1. The van der Waals surface area contributed by atoms with Gasteiger partial charge in [0.2, 0.25) is 0 Å². The van der Waals surface area contributed by atoms with Crippen molar-refractivity contribution in [2.75, 3.05) is 19.8 Å². The molecule has 2 heterocycles. The van der Waals surface area contributed by atoms with Gasteiger partial charge in [0.25, 0.3) is 0 Å². The predicted molar refractivity (Wildman–Crippen MR) is 47.4 cm³/mol. The van der Waals surface area contributed by atoms with Gasteiger partial charge >= 0.3 is 0 Å². The van der Waals surface area contributed by atoms with Crippen LogP contribution in [-0.4, -0.2) is 24.9 Å². The number of nitrogens with zero attached hydrogens (tertiary/aromatic N) is 1. The van der Waals surface area contributed by atoms with Crippen molar-refractivity contribution in [1.29, 1.82) is 0 Å². The Hall–Kier alpha value is -0.870. The maximum Gasteiger partial charge on any atom is 0.159 e. The van der Waals surface area contributed by atoms with E-state index in [0.29, 0.717) is 6.61 Å². The molecule has 4 heteroatoms. The van der Waals surface area contributed by atoms with E-state index in [4.69, 9.17) is 9.26 Å². The zero-order valence-corrected chi connectivity index (χ0v) is 7.75. The molecule has 1 saturated heterocycles. The summed E-state index contributed by atoms with van der Waals surface area (Å²) in [5.41, 5.74) is 1.17. The summed E-state index contributed by atoms with van der Waals surface area (Å²) in [6.07, 6.45) is 2.74. The number of nitrogens with one attached hydrogen (secondary N) is 1. The third-order valence-electron chi connectivity index (χ3n) is 2.30. The zero-order chi connectivity index (χ0) is 9.10. The number of aromatic nitrogens is 1. The summed E-state index contributed by atoms with van der Waals surface area (Å²) in [6, 6.07) is 0.186. The van der Waals surface area contributed by atoms with Gasteiger partial charge < -0.3 is 14.6 Å². The minimum absolute atomic E-state index is 0.186. The molecule has 1 unspecified atom stereocenters. The molecule has 1 atom stereocenters. The molecule has 0 spiro atoms. The van der Waals surface area contributed by atoms with Gasteiger partial charge in [0.15, 0.2) is 5.76 Å². The summed E-state index contributed by atoms with van der Waals surface area (Å²) in [7, 11) is 0. The molecule has 1 N–H and O–H groups in total. The molecule has 1 fully saturated rings. The maximum absolute atomic E-state index is 5.36. The Morgan fingerprint density at radius 1 is 1.69 bits per heavy atom. The van der Waals surface area contributed by atoms with E-state index in [0.717, 1.165) is 25.3 Å². The van der Waals surface area contributed by atoms with Crippen LogP contribution in [0.4, 0.5) is 0 Å². The Kier molecular flexibility index (Phi) is 2.61. The van der Waals surface area contributed by atoms with Gasteiger partial charge in [0, 0.05) is 12.1 Å². The Morgan fingerprint density at radius 2 is 2.62 bits per heavy atom. The van der Waals surface area contributed by atoms with Gasteiger partial charge in [0.05, 0.1) is 25.5 Å². The van der Waals surface area contributed by atoms with Gasteiger partial charge in [-0.2, -0.15) is 0 Å². The standard InChI is InChI=1S/C9H14N2O2/c1-2-7-5-11-13-9(7)8-6-12-4-3-10-8/h5,8,10H,2-4,6H2,1H3. The first-order chi connectivity index (χ1) is 6.42. The molecule has 1 aliphatic rings. The summed E-state index contributed by atoms with van der Waals surface area (Å²) in [5.74, 6) is 0.933. The summed E-state index contributed by atoms with van der Waals surface area (Å²) >= 11 is 0. The Labute approximate surface area is 77.2 Å². The smallest absolute Gasteiger partial charge is 0.159 e. The lowest BCUT2D eigenvalue weighted by molar-refractivity contribution is 0.0673. The minimum atomic E-state index is 0.186. The molecule has 0 saturated carbocycles. The van der Waals surface area contributed by atoms with Crippen LogP contribution in [0.1, 0.15) is 24.3 Å². The van der Waals surface area contributed by atoms with E-state index in [2.05, 4.69) is 17.4 Å². The first kappa shape index (κ1) is 8.72. The quantitative estimate of drug-likeness (QED) is 0.738. The fourth-order valence-electron chi connectivity index (χ4n) is 1.56. The first-order valence-electron chi connectivity index (χ1n) is 4.66. The van der Waals surface area contributed by atoms with Crippen LogP contribution in [0.3, 0.4) is 0 Å². The van der Waals surface area contributed by atoms with Crippen molar-refractivity contribution in [3.05, 3.63) is 17.5 Å². The molecular weight excluding hydrogens is 168 g/mol. The molecule has 0 radical (unpaired) electrons. The van der Waals surface area contributed by atoms with Gasteiger partial charge in [-0.3, -0.25) is 0 Å². The van der Waals surface area contributed by atoms with Crippen molar-refractivity contribution in [2.24, 2.45) is 0 Å². The molecule has 1 aliphatic heterocycles. The van der Waals surface area contributed by atoms with Crippen molar-refractivity contribution in [3.63, 3.8) is 0 Å². The highest BCUT2D eigenvalue weighted by Crippen LogP contribution is 2.19. The van der Waals surface area contributed by atoms with Crippen LogP contribution in [0.15, 0.2) is 10.7 Å². The predicted octanol–water partition coefficient (Wildman–Crippen LogP) is 0.898. The summed E-state index contributed by atoms with van der Waals surface area (Å²) in [6.45, 7) is 4.45. The fourth-order valence-corrected chi connectivity index (χ4v) is 1.56. The number of rotatable bonds is 2. The average Bonchev–Trinajstić information content (AvgIpc) is 2.67. The second-order valence-corrected chi connectivity index (χ2v) is 3.15. The molecule has 13 heavy (non-hydrogen) atoms. The third-order valence-corrected chi connectivity index (χ3v) is 2.30.